The lowest BCUT2D eigenvalue weighted by Gasteiger charge is -2.14. The van der Waals surface area contributed by atoms with Crippen LogP contribution in [0.25, 0.3) is 5.69 Å². The van der Waals surface area contributed by atoms with Crippen molar-refractivity contribution in [2.75, 3.05) is 12.4 Å². The molecule has 0 fully saturated rings. The Kier molecular flexibility index (Phi) is 5.50. The molecule has 0 saturated carbocycles. The summed E-state index contributed by atoms with van der Waals surface area (Å²) in [6, 6.07) is 7.07. The number of imidazole rings is 1. The smallest absolute Gasteiger partial charge is 0.416 e. The van der Waals surface area contributed by atoms with Crippen molar-refractivity contribution in [3.63, 3.8) is 0 Å². The van der Waals surface area contributed by atoms with Gasteiger partial charge in [0.15, 0.2) is 0 Å². The molecule has 0 aliphatic heterocycles. The maximum absolute atomic E-state index is 13.4. The van der Waals surface area contributed by atoms with Crippen molar-refractivity contribution in [2.24, 2.45) is 5.73 Å². The number of nitrogens with two attached hydrogens (primary N) is 1. The molecule has 2 aromatic carbocycles. The van der Waals surface area contributed by atoms with Crippen LogP contribution in [0, 0.1) is 6.92 Å². The Morgan fingerprint density at radius 2 is 1.80 bits per heavy atom. The summed E-state index contributed by atoms with van der Waals surface area (Å²) >= 11 is 0. The maximum atomic E-state index is 13.4. The van der Waals surface area contributed by atoms with E-state index in [4.69, 9.17) is 10.5 Å². The Morgan fingerprint density at radius 3 is 2.37 bits per heavy atom. The predicted molar refractivity (Wildman–Crippen MR) is 103 cm³/mol. The number of nitrogens with zero attached hydrogens (tertiary/aromatic N) is 2. The molecular weight excluding hydrogens is 401 g/mol. The van der Waals surface area contributed by atoms with Crippen molar-refractivity contribution in [3.8, 4) is 11.4 Å². The minimum atomic E-state index is -4.62. The number of benzene rings is 2. The molecule has 0 spiro atoms. The Bertz CT molecular complexity index is 1120. The third kappa shape index (κ3) is 4.59. The van der Waals surface area contributed by atoms with Crippen LogP contribution in [0.15, 0.2) is 48.9 Å². The second kappa shape index (κ2) is 7.90. The number of primary amides is 1. The molecule has 1 heterocycles. The summed E-state index contributed by atoms with van der Waals surface area (Å²) in [6.07, 6.45) is -1.69. The quantitative estimate of drug-likeness (QED) is 0.662. The standard InChI is InChI=1S/C20H17F3N4O3/c1-11-9-27(10-25-11)16-7-14(20(21,22)23)6-15(8-16)26-19(29)13-3-12(18(24)28)4-17(5-13)30-2/h3-10H,1-2H3,(H2,24,28)(H,26,29). The molecule has 0 saturated heterocycles. The summed E-state index contributed by atoms with van der Waals surface area (Å²) in [7, 11) is 1.34. The molecule has 0 aliphatic rings. The lowest BCUT2D eigenvalue weighted by atomic mass is 10.1. The van der Waals surface area contributed by atoms with E-state index in [1.807, 2.05) is 0 Å². The average molecular weight is 418 g/mol. The molecule has 1 aromatic heterocycles. The number of anilines is 1. The van der Waals surface area contributed by atoms with Gasteiger partial charge >= 0.3 is 6.18 Å². The molecule has 0 bridgehead atoms. The summed E-state index contributed by atoms with van der Waals surface area (Å²) < 4.78 is 46.5. The zero-order valence-electron chi connectivity index (χ0n) is 15.9. The molecule has 156 valence electrons. The molecular formula is C20H17F3N4O3. The maximum Gasteiger partial charge on any atom is 0.416 e. The van der Waals surface area contributed by atoms with Gasteiger partial charge in [0, 0.05) is 28.7 Å². The van der Waals surface area contributed by atoms with Gasteiger partial charge in [-0.25, -0.2) is 4.98 Å². The third-order valence-corrected chi connectivity index (χ3v) is 4.20. The van der Waals surface area contributed by atoms with Crippen molar-refractivity contribution in [2.45, 2.75) is 13.1 Å². The highest BCUT2D eigenvalue weighted by Gasteiger charge is 2.31. The number of aryl methyl sites for hydroxylation is 1. The van der Waals surface area contributed by atoms with Crippen molar-refractivity contribution in [1.82, 2.24) is 9.55 Å². The van der Waals surface area contributed by atoms with E-state index >= 15 is 0 Å². The van der Waals surface area contributed by atoms with Gasteiger partial charge in [-0.2, -0.15) is 13.2 Å². The predicted octanol–water partition coefficient (Wildman–Crippen LogP) is 3.56. The van der Waals surface area contributed by atoms with Gasteiger partial charge in [-0.05, 0) is 43.3 Å². The molecule has 3 N–H and O–H groups in total. The fourth-order valence-corrected chi connectivity index (χ4v) is 2.75. The number of methoxy groups -OCH3 is 1. The van der Waals surface area contributed by atoms with E-state index in [1.54, 1.807) is 13.1 Å². The molecule has 2 amide bonds. The molecule has 0 atom stereocenters. The SMILES string of the molecule is COc1cc(C(N)=O)cc(C(=O)Nc2cc(-n3cnc(C)c3)cc(C(F)(F)F)c2)c1. The number of amides is 2. The highest BCUT2D eigenvalue weighted by molar-refractivity contribution is 6.06. The molecule has 0 unspecified atom stereocenters. The minimum absolute atomic E-state index is 0.000544. The minimum Gasteiger partial charge on any atom is -0.497 e. The van der Waals surface area contributed by atoms with Crippen molar-refractivity contribution >= 4 is 17.5 Å². The first kappa shape index (κ1) is 20.9. The van der Waals surface area contributed by atoms with Crippen LogP contribution in [0.5, 0.6) is 5.75 Å². The van der Waals surface area contributed by atoms with Crippen LogP contribution in [0.2, 0.25) is 0 Å². The van der Waals surface area contributed by atoms with Crippen LogP contribution in [0.3, 0.4) is 0 Å². The number of hydrogen-bond donors (Lipinski definition) is 2. The second-order valence-corrected chi connectivity index (χ2v) is 6.46. The van der Waals surface area contributed by atoms with Crippen molar-refractivity contribution in [3.05, 3.63) is 71.3 Å². The van der Waals surface area contributed by atoms with E-state index < -0.39 is 23.6 Å². The number of aromatic nitrogens is 2. The van der Waals surface area contributed by atoms with Crippen LogP contribution < -0.4 is 15.8 Å². The van der Waals surface area contributed by atoms with Gasteiger partial charge in [0.2, 0.25) is 5.91 Å². The van der Waals surface area contributed by atoms with Crippen LogP contribution in [-0.4, -0.2) is 28.5 Å². The highest BCUT2D eigenvalue weighted by atomic mass is 19.4. The van der Waals surface area contributed by atoms with Crippen LogP contribution in [0.4, 0.5) is 18.9 Å². The second-order valence-electron chi connectivity index (χ2n) is 6.46. The number of rotatable bonds is 5. The first-order valence-corrected chi connectivity index (χ1v) is 8.60. The van der Waals surface area contributed by atoms with E-state index in [0.717, 1.165) is 12.1 Å². The van der Waals surface area contributed by atoms with Gasteiger partial charge in [0.25, 0.3) is 5.91 Å². The zero-order valence-corrected chi connectivity index (χ0v) is 15.9. The highest BCUT2D eigenvalue weighted by Crippen LogP contribution is 2.33. The summed E-state index contributed by atoms with van der Waals surface area (Å²) in [4.78, 5) is 28.1. The molecule has 3 aromatic rings. The number of hydrogen-bond acceptors (Lipinski definition) is 4. The zero-order chi connectivity index (χ0) is 22.1. The normalized spacial score (nSPS) is 11.2. The topological polar surface area (TPSA) is 99.2 Å². The first-order valence-electron chi connectivity index (χ1n) is 8.60. The fraction of sp³-hybridized carbons (Fsp3) is 0.150. The number of ether oxygens (including phenoxy) is 1. The molecule has 7 nitrogen and oxygen atoms in total. The van der Waals surface area contributed by atoms with Gasteiger partial charge in [-0.1, -0.05) is 0 Å². The van der Waals surface area contributed by atoms with Gasteiger partial charge in [0.1, 0.15) is 5.75 Å². The van der Waals surface area contributed by atoms with Gasteiger partial charge < -0.3 is 20.4 Å². The van der Waals surface area contributed by atoms with E-state index in [-0.39, 0.29) is 28.3 Å². The van der Waals surface area contributed by atoms with E-state index in [1.165, 1.54) is 42.3 Å². The lowest BCUT2D eigenvalue weighted by Crippen LogP contribution is -2.16. The summed E-state index contributed by atoms with van der Waals surface area (Å²) in [5, 5.41) is 2.42. The Labute approximate surface area is 169 Å². The van der Waals surface area contributed by atoms with Gasteiger partial charge in [0.05, 0.1) is 24.7 Å². The fourth-order valence-electron chi connectivity index (χ4n) is 2.75. The van der Waals surface area contributed by atoms with E-state index in [9.17, 15) is 22.8 Å². The van der Waals surface area contributed by atoms with Gasteiger partial charge in [-0.3, -0.25) is 9.59 Å². The van der Waals surface area contributed by atoms with Crippen molar-refractivity contribution < 1.29 is 27.5 Å². The lowest BCUT2D eigenvalue weighted by molar-refractivity contribution is -0.137. The molecule has 0 aliphatic carbocycles. The molecule has 0 radical (unpaired) electrons. The Morgan fingerprint density at radius 1 is 1.10 bits per heavy atom. The van der Waals surface area contributed by atoms with E-state index in [0.29, 0.717) is 5.69 Å². The molecule has 10 heteroatoms. The third-order valence-electron chi connectivity index (χ3n) is 4.20. The molecule has 30 heavy (non-hydrogen) atoms. The summed E-state index contributed by atoms with van der Waals surface area (Å²) in [5.74, 6) is -1.31. The first-order chi connectivity index (χ1) is 14.1. The summed E-state index contributed by atoms with van der Waals surface area (Å²) in [6.45, 7) is 1.70. The van der Waals surface area contributed by atoms with Crippen LogP contribution in [0.1, 0.15) is 32.0 Å². The van der Waals surface area contributed by atoms with Crippen LogP contribution in [-0.2, 0) is 6.18 Å². The summed E-state index contributed by atoms with van der Waals surface area (Å²) in [5.41, 5.74) is 5.05. The molecule has 3 rings (SSSR count). The van der Waals surface area contributed by atoms with E-state index in [2.05, 4.69) is 10.3 Å². The number of alkyl halides is 3. The largest absolute Gasteiger partial charge is 0.497 e. The Balaban J connectivity index is 2.00. The average Bonchev–Trinajstić information content (AvgIpc) is 3.13. The van der Waals surface area contributed by atoms with Gasteiger partial charge in [-0.15, -0.1) is 0 Å². The number of carbonyl (C=O) groups is 2. The monoisotopic (exact) mass is 418 g/mol. The Hall–Kier alpha value is -3.82. The van der Waals surface area contributed by atoms with Crippen LogP contribution >= 0.6 is 0 Å². The number of halogens is 3. The van der Waals surface area contributed by atoms with Crippen molar-refractivity contribution in [1.29, 1.82) is 0 Å². The number of nitrogens with one attached hydrogen (secondary N) is 1. The number of carbonyl (C=O) groups excluding carboxylic acids is 2.